The molecule has 0 spiro atoms. The van der Waals surface area contributed by atoms with Crippen molar-refractivity contribution < 1.29 is 4.79 Å². The molecule has 1 aliphatic heterocycles. The van der Waals surface area contributed by atoms with Crippen molar-refractivity contribution in [3.8, 4) is 0 Å². The van der Waals surface area contributed by atoms with E-state index in [1.54, 1.807) is 0 Å². The van der Waals surface area contributed by atoms with E-state index in [-0.39, 0.29) is 11.9 Å². The van der Waals surface area contributed by atoms with Gasteiger partial charge in [0.2, 0.25) is 0 Å². The monoisotopic (exact) mass is 269 g/mol. The minimum absolute atomic E-state index is 0.0316. The van der Waals surface area contributed by atoms with E-state index < -0.39 is 0 Å². The molecule has 0 saturated heterocycles. The second kappa shape index (κ2) is 5.12. The quantitative estimate of drug-likeness (QED) is 0.909. The molecule has 1 atom stereocenters. The van der Waals surface area contributed by atoms with E-state index in [9.17, 15) is 4.79 Å². The lowest BCUT2D eigenvalue weighted by molar-refractivity contribution is 0.0930. The van der Waals surface area contributed by atoms with Gasteiger partial charge in [0, 0.05) is 36.5 Å². The Bertz CT molecular complexity index is 645. The Hall–Kier alpha value is -2.10. The van der Waals surface area contributed by atoms with Gasteiger partial charge in [-0.2, -0.15) is 0 Å². The van der Waals surface area contributed by atoms with Gasteiger partial charge < -0.3 is 9.88 Å². The van der Waals surface area contributed by atoms with E-state index in [4.69, 9.17) is 0 Å². The SMILES string of the molecule is Cc1ccc(C)c(C(=O)NC2CCn3cncc3C2)c1. The number of carbonyl (C=O) groups is 1. The summed E-state index contributed by atoms with van der Waals surface area (Å²) in [6, 6.07) is 6.19. The molecule has 20 heavy (non-hydrogen) atoms. The molecule has 1 aromatic heterocycles. The van der Waals surface area contributed by atoms with Crippen LogP contribution in [-0.2, 0) is 13.0 Å². The fraction of sp³-hybridized carbons (Fsp3) is 0.375. The van der Waals surface area contributed by atoms with E-state index in [2.05, 4.69) is 14.9 Å². The Labute approximate surface area is 118 Å². The number of carbonyl (C=O) groups excluding carboxylic acids is 1. The highest BCUT2D eigenvalue weighted by molar-refractivity contribution is 5.96. The molecular formula is C16H19N3O. The van der Waals surface area contributed by atoms with Crippen molar-refractivity contribution in [2.45, 2.75) is 39.3 Å². The van der Waals surface area contributed by atoms with Crippen LogP contribution in [0.25, 0.3) is 0 Å². The standard InChI is InChI=1S/C16H19N3O/c1-11-3-4-12(2)15(7-11)16(20)18-13-5-6-19-10-17-9-14(19)8-13/h3-4,7,9-10,13H,5-6,8H2,1-2H3,(H,18,20). The van der Waals surface area contributed by atoms with Crippen LogP contribution in [0.1, 0.15) is 33.6 Å². The van der Waals surface area contributed by atoms with Gasteiger partial charge in [-0.25, -0.2) is 4.98 Å². The molecule has 0 fully saturated rings. The van der Waals surface area contributed by atoms with E-state index in [0.717, 1.165) is 36.1 Å². The molecule has 4 nitrogen and oxygen atoms in total. The van der Waals surface area contributed by atoms with Gasteiger partial charge in [0.1, 0.15) is 0 Å². The average molecular weight is 269 g/mol. The summed E-state index contributed by atoms with van der Waals surface area (Å²) >= 11 is 0. The number of aromatic nitrogens is 2. The van der Waals surface area contributed by atoms with Crippen LogP contribution in [0.5, 0.6) is 0 Å². The molecule has 1 aliphatic rings. The summed E-state index contributed by atoms with van der Waals surface area (Å²) in [5.41, 5.74) is 4.11. The Kier molecular flexibility index (Phi) is 3.30. The predicted molar refractivity (Wildman–Crippen MR) is 77.7 cm³/mol. The second-order valence-electron chi connectivity index (χ2n) is 5.56. The minimum atomic E-state index is 0.0316. The average Bonchev–Trinajstić information content (AvgIpc) is 2.89. The molecule has 0 bridgehead atoms. The fourth-order valence-electron chi connectivity index (χ4n) is 2.74. The lowest BCUT2D eigenvalue weighted by Gasteiger charge is -2.25. The molecule has 4 heteroatoms. The molecule has 1 N–H and O–H groups in total. The van der Waals surface area contributed by atoms with E-state index in [1.807, 2.05) is 44.6 Å². The summed E-state index contributed by atoms with van der Waals surface area (Å²) in [6.45, 7) is 4.91. The maximum absolute atomic E-state index is 12.4. The molecular weight excluding hydrogens is 250 g/mol. The van der Waals surface area contributed by atoms with Gasteiger partial charge in [-0.3, -0.25) is 4.79 Å². The largest absolute Gasteiger partial charge is 0.349 e. The number of hydrogen-bond acceptors (Lipinski definition) is 2. The van der Waals surface area contributed by atoms with Crippen LogP contribution in [0, 0.1) is 13.8 Å². The van der Waals surface area contributed by atoms with Crippen LogP contribution in [0.4, 0.5) is 0 Å². The molecule has 1 aromatic carbocycles. The third kappa shape index (κ3) is 2.46. The molecule has 104 valence electrons. The Morgan fingerprint density at radius 3 is 3.10 bits per heavy atom. The maximum atomic E-state index is 12.4. The van der Waals surface area contributed by atoms with Crippen molar-refractivity contribution in [1.29, 1.82) is 0 Å². The first kappa shape index (κ1) is 12.9. The van der Waals surface area contributed by atoms with E-state index in [1.165, 1.54) is 5.69 Å². The van der Waals surface area contributed by atoms with Gasteiger partial charge in [-0.05, 0) is 31.9 Å². The fourth-order valence-corrected chi connectivity index (χ4v) is 2.74. The molecule has 1 unspecified atom stereocenters. The van der Waals surface area contributed by atoms with Crippen LogP contribution >= 0.6 is 0 Å². The zero-order valence-electron chi connectivity index (χ0n) is 11.9. The predicted octanol–water partition coefficient (Wildman–Crippen LogP) is 2.24. The van der Waals surface area contributed by atoms with Crippen molar-refractivity contribution >= 4 is 5.91 Å². The Morgan fingerprint density at radius 1 is 1.40 bits per heavy atom. The normalized spacial score (nSPS) is 17.6. The molecule has 2 heterocycles. The molecule has 1 amide bonds. The summed E-state index contributed by atoms with van der Waals surface area (Å²) in [4.78, 5) is 16.6. The van der Waals surface area contributed by atoms with Gasteiger partial charge >= 0.3 is 0 Å². The van der Waals surface area contributed by atoms with Crippen LogP contribution < -0.4 is 5.32 Å². The van der Waals surface area contributed by atoms with Gasteiger partial charge in [0.25, 0.3) is 5.91 Å². The first-order chi connectivity index (χ1) is 9.63. The van der Waals surface area contributed by atoms with Crippen LogP contribution in [0.3, 0.4) is 0 Å². The van der Waals surface area contributed by atoms with Gasteiger partial charge in [-0.15, -0.1) is 0 Å². The first-order valence-corrected chi connectivity index (χ1v) is 7.00. The second-order valence-corrected chi connectivity index (χ2v) is 5.56. The third-order valence-corrected chi connectivity index (χ3v) is 3.95. The highest BCUT2D eigenvalue weighted by Gasteiger charge is 2.21. The summed E-state index contributed by atoms with van der Waals surface area (Å²) < 4.78 is 2.15. The Morgan fingerprint density at radius 2 is 2.25 bits per heavy atom. The van der Waals surface area contributed by atoms with E-state index >= 15 is 0 Å². The number of hydrogen-bond donors (Lipinski definition) is 1. The molecule has 0 aliphatic carbocycles. The third-order valence-electron chi connectivity index (χ3n) is 3.95. The number of imidazole rings is 1. The smallest absolute Gasteiger partial charge is 0.251 e. The zero-order chi connectivity index (χ0) is 14.1. The molecule has 0 saturated carbocycles. The topological polar surface area (TPSA) is 46.9 Å². The summed E-state index contributed by atoms with van der Waals surface area (Å²) in [7, 11) is 0. The van der Waals surface area contributed by atoms with Gasteiger partial charge in [-0.1, -0.05) is 17.7 Å². The lowest BCUT2D eigenvalue weighted by Crippen LogP contribution is -2.40. The summed E-state index contributed by atoms with van der Waals surface area (Å²) in [5.74, 6) is 0.0316. The molecule has 2 aromatic rings. The number of aryl methyl sites for hydroxylation is 3. The van der Waals surface area contributed by atoms with E-state index in [0.29, 0.717) is 0 Å². The first-order valence-electron chi connectivity index (χ1n) is 7.00. The number of amides is 1. The lowest BCUT2D eigenvalue weighted by atomic mass is 10.0. The highest BCUT2D eigenvalue weighted by atomic mass is 16.1. The van der Waals surface area contributed by atoms with Crippen LogP contribution in [0.15, 0.2) is 30.7 Å². The maximum Gasteiger partial charge on any atom is 0.251 e. The highest BCUT2D eigenvalue weighted by Crippen LogP contribution is 2.16. The van der Waals surface area contributed by atoms with Gasteiger partial charge in [0.15, 0.2) is 0 Å². The number of fused-ring (bicyclic) bond motifs is 1. The minimum Gasteiger partial charge on any atom is -0.349 e. The summed E-state index contributed by atoms with van der Waals surface area (Å²) in [6.07, 6.45) is 5.56. The van der Waals surface area contributed by atoms with Crippen molar-refractivity contribution in [2.24, 2.45) is 0 Å². The number of nitrogens with one attached hydrogen (secondary N) is 1. The van der Waals surface area contributed by atoms with Crippen LogP contribution in [-0.4, -0.2) is 21.5 Å². The van der Waals surface area contributed by atoms with Crippen molar-refractivity contribution in [1.82, 2.24) is 14.9 Å². The molecule has 0 radical (unpaired) electrons. The number of benzene rings is 1. The zero-order valence-corrected chi connectivity index (χ0v) is 11.9. The van der Waals surface area contributed by atoms with Crippen molar-refractivity contribution in [3.63, 3.8) is 0 Å². The number of rotatable bonds is 2. The Balaban J connectivity index is 1.72. The van der Waals surface area contributed by atoms with Crippen LogP contribution in [0.2, 0.25) is 0 Å². The van der Waals surface area contributed by atoms with Gasteiger partial charge in [0.05, 0.1) is 6.33 Å². The number of nitrogens with zero attached hydrogens (tertiary/aromatic N) is 2. The summed E-state index contributed by atoms with van der Waals surface area (Å²) in [5, 5.41) is 3.15. The molecule has 3 rings (SSSR count). The van der Waals surface area contributed by atoms with Crippen molar-refractivity contribution in [3.05, 3.63) is 53.1 Å². The van der Waals surface area contributed by atoms with Crippen molar-refractivity contribution in [2.75, 3.05) is 0 Å².